The molecule has 1 amide bonds. The molecule has 7 heteroatoms. The third-order valence-corrected chi connectivity index (χ3v) is 4.92. The molecule has 0 bridgehead atoms. The van der Waals surface area contributed by atoms with Crippen LogP contribution in [0.1, 0.15) is 34.5 Å². The maximum Gasteiger partial charge on any atom is 0.255 e. The highest BCUT2D eigenvalue weighted by molar-refractivity contribution is 6.04. The summed E-state index contributed by atoms with van der Waals surface area (Å²) in [5.74, 6) is 1.25. The molecular formula is C23H22N6O. The number of rotatable bonds is 5. The average molecular weight is 398 g/mol. The Morgan fingerprint density at radius 3 is 2.50 bits per heavy atom. The zero-order valence-electron chi connectivity index (χ0n) is 16.7. The minimum Gasteiger partial charge on any atom is -0.356 e. The lowest BCUT2D eigenvalue weighted by molar-refractivity contribution is 0.102. The van der Waals surface area contributed by atoms with E-state index < -0.39 is 0 Å². The maximum absolute atomic E-state index is 12.4. The summed E-state index contributed by atoms with van der Waals surface area (Å²) in [5.41, 5.74) is 3.30. The maximum atomic E-state index is 12.4. The second-order valence-corrected chi connectivity index (χ2v) is 7.23. The zero-order valence-corrected chi connectivity index (χ0v) is 16.7. The highest BCUT2D eigenvalue weighted by Crippen LogP contribution is 2.22. The van der Waals surface area contributed by atoms with E-state index in [2.05, 4.69) is 25.5 Å². The van der Waals surface area contributed by atoms with Crippen molar-refractivity contribution in [1.82, 2.24) is 9.97 Å². The molecule has 2 heterocycles. The minimum atomic E-state index is -0.259. The van der Waals surface area contributed by atoms with E-state index in [0.29, 0.717) is 22.8 Å². The second-order valence-electron chi connectivity index (χ2n) is 7.23. The van der Waals surface area contributed by atoms with Gasteiger partial charge in [-0.2, -0.15) is 10.2 Å². The number of nitriles is 1. The van der Waals surface area contributed by atoms with Gasteiger partial charge in [-0.1, -0.05) is 6.07 Å². The number of nitrogens with one attached hydrogen (secondary N) is 2. The van der Waals surface area contributed by atoms with Crippen molar-refractivity contribution >= 4 is 29.0 Å². The number of hydrogen-bond acceptors (Lipinski definition) is 6. The Labute approximate surface area is 175 Å². The van der Waals surface area contributed by atoms with Crippen LogP contribution in [0.4, 0.5) is 23.1 Å². The molecule has 30 heavy (non-hydrogen) atoms. The van der Waals surface area contributed by atoms with E-state index in [0.717, 1.165) is 30.3 Å². The molecule has 7 nitrogen and oxygen atoms in total. The summed E-state index contributed by atoms with van der Waals surface area (Å²) in [5, 5.41) is 15.1. The SMILES string of the molecule is Cc1cc(N2CCCC2)nc(Nc2ccc(NC(=O)c3cccc(C#N)c3)cc2)n1. The molecule has 0 unspecified atom stereocenters. The van der Waals surface area contributed by atoms with Gasteiger partial charge in [0.1, 0.15) is 5.82 Å². The summed E-state index contributed by atoms with van der Waals surface area (Å²) in [6.07, 6.45) is 2.39. The van der Waals surface area contributed by atoms with Crippen molar-refractivity contribution in [3.63, 3.8) is 0 Å². The Kier molecular flexibility index (Phi) is 5.57. The van der Waals surface area contributed by atoms with Crippen molar-refractivity contribution < 1.29 is 4.79 Å². The van der Waals surface area contributed by atoms with E-state index in [-0.39, 0.29) is 5.91 Å². The van der Waals surface area contributed by atoms with Gasteiger partial charge in [-0.15, -0.1) is 0 Å². The van der Waals surface area contributed by atoms with Gasteiger partial charge >= 0.3 is 0 Å². The average Bonchev–Trinajstić information content (AvgIpc) is 3.30. The molecule has 1 aliphatic rings. The first-order valence-corrected chi connectivity index (χ1v) is 9.90. The van der Waals surface area contributed by atoms with Gasteiger partial charge in [-0.25, -0.2) is 4.98 Å². The highest BCUT2D eigenvalue weighted by atomic mass is 16.1. The molecule has 1 aromatic heterocycles. The lowest BCUT2D eigenvalue weighted by Crippen LogP contribution is -2.19. The van der Waals surface area contributed by atoms with Crippen LogP contribution in [0.5, 0.6) is 0 Å². The molecule has 4 rings (SSSR count). The number of nitrogens with zero attached hydrogens (tertiary/aromatic N) is 4. The Hall–Kier alpha value is -3.92. The van der Waals surface area contributed by atoms with E-state index in [1.165, 1.54) is 12.8 Å². The predicted octanol–water partition coefficient (Wildman–Crippen LogP) is 4.25. The van der Waals surface area contributed by atoms with Crippen LogP contribution in [0.25, 0.3) is 0 Å². The molecule has 1 fully saturated rings. The number of carbonyl (C=O) groups is 1. The lowest BCUT2D eigenvalue weighted by atomic mass is 10.1. The largest absolute Gasteiger partial charge is 0.356 e. The number of amides is 1. The number of aromatic nitrogens is 2. The summed E-state index contributed by atoms with van der Waals surface area (Å²) in [4.78, 5) is 23.8. The number of benzene rings is 2. The second kappa shape index (κ2) is 8.62. The fourth-order valence-corrected chi connectivity index (χ4v) is 3.42. The van der Waals surface area contributed by atoms with Crippen molar-refractivity contribution in [1.29, 1.82) is 5.26 Å². The van der Waals surface area contributed by atoms with Gasteiger partial charge < -0.3 is 15.5 Å². The van der Waals surface area contributed by atoms with Crippen LogP contribution >= 0.6 is 0 Å². The number of aryl methyl sites for hydroxylation is 1. The monoisotopic (exact) mass is 398 g/mol. The van der Waals surface area contributed by atoms with Crippen molar-refractivity contribution in [3.05, 3.63) is 71.4 Å². The highest BCUT2D eigenvalue weighted by Gasteiger charge is 2.15. The number of carbonyl (C=O) groups excluding carboxylic acids is 1. The minimum absolute atomic E-state index is 0.259. The van der Waals surface area contributed by atoms with Gasteiger partial charge in [-0.3, -0.25) is 4.79 Å². The Morgan fingerprint density at radius 1 is 1.03 bits per heavy atom. The van der Waals surface area contributed by atoms with E-state index >= 15 is 0 Å². The number of hydrogen-bond donors (Lipinski definition) is 2. The van der Waals surface area contributed by atoms with Crippen molar-refractivity contribution in [2.24, 2.45) is 0 Å². The molecule has 0 radical (unpaired) electrons. The summed E-state index contributed by atoms with van der Waals surface area (Å²) >= 11 is 0. The molecule has 1 aliphatic heterocycles. The Balaban J connectivity index is 1.44. The topological polar surface area (TPSA) is 93.9 Å². The fourth-order valence-electron chi connectivity index (χ4n) is 3.42. The van der Waals surface area contributed by atoms with Crippen molar-refractivity contribution in [2.75, 3.05) is 28.6 Å². The summed E-state index contributed by atoms with van der Waals surface area (Å²) < 4.78 is 0. The first-order valence-electron chi connectivity index (χ1n) is 9.90. The summed E-state index contributed by atoms with van der Waals surface area (Å²) in [6, 6.07) is 18.0. The van der Waals surface area contributed by atoms with E-state index in [9.17, 15) is 4.79 Å². The molecule has 2 N–H and O–H groups in total. The molecule has 0 aliphatic carbocycles. The van der Waals surface area contributed by atoms with Gasteiger partial charge in [0.05, 0.1) is 11.6 Å². The molecule has 150 valence electrons. The summed E-state index contributed by atoms with van der Waals surface area (Å²) in [7, 11) is 0. The van der Waals surface area contributed by atoms with E-state index in [1.54, 1.807) is 24.3 Å². The van der Waals surface area contributed by atoms with Crippen molar-refractivity contribution in [3.8, 4) is 6.07 Å². The number of anilines is 4. The van der Waals surface area contributed by atoms with Crippen LogP contribution in [0.2, 0.25) is 0 Å². The van der Waals surface area contributed by atoms with Gasteiger partial charge in [-0.05, 0) is 62.2 Å². The van der Waals surface area contributed by atoms with Gasteiger partial charge in [0, 0.05) is 41.8 Å². The van der Waals surface area contributed by atoms with Crippen LogP contribution in [0, 0.1) is 18.3 Å². The standard InChI is InChI=1S/C23H22N6O/c1-16-13-21(29-11-2-3-12-29)28-23(25-16)27-20-9-7-19(8-10-20)26-22(30)18-6-4-5-17(14-18)15-24/h4-10,13-14H,2-3,11-12H2,1H3,(H,26,30)(H,25,27,28). The zero-order chi connectivity index (χ0) is 20.9. The molecule has 3 aromatic rings. The molecule has 0 spiro atoms. The quantitative estimate of drug-likeness (QED) is 0.667. The van der Waals surface area contributed by atoms with Crippen molar-refractivity contribution in [2.45, 2.75) is 19.8 Å². The van der Waals surface area contributed by atoms with Crippen LogP contribution in [-0.2, 0) is 0 Å². The van der Waals surface area contributed by atoms with Gasteiger partial charge in [0.2, 0.25) is 5.95 Å². The van der Waals surface area contributed by atoms with E-state index in [4.69, 9.17) is 5.26 Å². The van der Waals surface area contributed by atoms with Crippen LogP contribution in [-0.4, -0.2) is 29.0 Å². The lowest BCUT2D eigenvalue weighted by Gasteiger charge is -2.17. The van der Waals surface area contributed by atoms with Crippen LogP contribution in [0.15, 0.2) is 54.6 Å². The smallest absolute Gasteiger partial charge is 0.255 e. The molecule has 2 aromatic carbocycles. The third-order valence-electron chi connectivity index (χ3n) is 4.92. The first-order chi connectivity index (χ1) is 14.6. The van der Waals surface area contributed by atoms with Gasteiger partial charge in [0.25, 0.3) is 5.91 Å². The van der Waals surface area contributed by atoms with Crippen LogP contribution < -0.4 is 15.5 Å². The Morgan fingerprint density at radius 2 is 1.77 bits per heavy atom. The third kappa shape index (κ3) is 4.55. The van der Waals surface area contributed by atoms with E-state index in [1.807, 2.05) is 43.3 Å². The first kappa shape index (κ1) is 19.4. The van der Waals surface area contributed by atoms with Gasteiger partial charge in [0.15, 0.2) is 0 Å². The Bertz CT molecular complexity index is 1100. The predicted molar refractivity (Wildman–Crippen MR) is 117 cm³/mol. The summed E-state index contributed by atoms with van der Waals surface area (Å²) in [6.45, 7) is 4.02. The van der Waals surface area contributed by atoms with Crippen LogP contribution in [0.3, 0.4) is 0 Å². The normalized spacial score (nSPS) is 13.0. The molecule has 0 saturated carbocycles. The fraction of sp³-hybridized carbons (Fsp3) is 0.217. The molecule has 0 atom stereocenters. The molecular weight excluding hydrogens is 376 g/mol. The molecule has 1 saturated heterocycles.